The van der Waals surface area contributed by atoms with Gasteiger partial charge >= 0.3 is 6.09 Å². The van der Waals surface area contributed by atoms with Crippen molar-refractivity contribution in [2.75, 3.05) is 20.1 Å². The zero-order chi connectivity index (χ0) is 16.8. The first-order chi connectivity index (χ1) is 10.2. The van der Waals surface area contributed by atoms with Gasteiger partial charge in [0, 0.05) is 19.6 Å². The first-order valence-corrected chi connectivity index (χ1v) is 8.90. The zero-order valence-corrected chi connectivity index (χ0v) is 15.4. The summed E-state index contributed by atoms with van der Waals surface area (Å²) in [4.78, 5) is 13.7. The summed E-state index contributed by atoms with van der Waals surface area (Å²) >= 11 is 0. The summed E-state index contributed by atoms with van der Waals surface area (Å²) in [5.41, 5.74) is -0.427. The second kappa shape index (κ2) is 8.76. The van der Waals surface area contributed by atoms with Crippen LogP contribution in [0.1, 0.15) is 66.7 Å². The van der Waals surface area contributed by atoms with E-state index in [1.807, 2.05) is 27.8 Å². The number of nitrogens with zero attached hydrogens (tertiary/aromatic N) is 1. The molecule has 1 aliphatic carbocycles. The van der Waals surface area contributed by atoms with Gasteiger partial charge in [-0.25, -0.2) is 4.79 Å². The second-order valence-corrected chi connectivity index (χ2v) is 7.93. The largest absolute Gasteiger partial charge is 0.444 e. The molecule has 1 rings (SSSR count). The molecule has 22 heavy (non-hydrogen) atoms. The Hall–Kier alpha value is -0.770. The van der Waals surface area contributed by atoms with Gasteiger partial charge in [0.25, 0.3) is 0 Å². The van der Waals surface area contributed by atoms with Crippen molar-refractivity contribution >= 4 is 6.09 Å². The van der Waals surface area contributed by atoms with Crippen molar-refractivity contribution in [1.82, 2.24) is 10.2 Å². The predicted molar refractivity (Wildman–Crippen MR) is 92.1 cm³/mol. The Balaban J connectivity index is 2.32. The van der Waals surface area contributed by atoms with Crippen LogP contribution in [-0.4, -0.2) is 42.8 Å². The highest BCUT2D eigenvalue weighted by Gasteiger charge is 2.24. The molecule has 0 aromatic carbocycles. The van der Waals surface area contributed by atoms with Crippen molar-refractivity contribution in [3.8, 4) is 0 Å². The van der Waals surface area contributed by atoms with Gasteiger partial charge in [0.1, 0.15) is 5.60 Å². The van der Waals surface area contributed by atoms with Crippen LogP contribution in [0, 0.1) is 11.8 Å². The van der Waals surface area contributed by atoms with E-state index in [1.165, 1.54) is 32.1 Å². The van der Waals surface area contributed by atoms with E-state index in [0.29, 0.717) is 12.0 Å². The monoisotopic (exact) mass is 312 g/mol. The van der Waals surface area contributed by atoms with Gasteiger partial charge in [-0.2, -0.15) is 0 Å². The molecule has 3 atom stereocenters. The standard InChI is InChI=1S/C18H36N2O2/c1-7-15-10-8-9-11-16(15)19-12-14(2)13-20(6)17(21)22-18(3,4)5/h14-16,19H,7-13H2,1-6H3. The smallest absolute Gasteiger partial charge is 0.410 e. The van der Waals surface area contributed by atoms with Gasteiger partial charge in [-0.05, 0) is 52.0 Å². The molecule has 1 amide bonds. The molecule has 1 saturated carbocycles. The summed E-state index contributed by atoms with van der Waals surface area (Å²) in [6.07, 6.45) is 6.43. The third-order valence-corrected chi connectivity index (χ3v) is 4.45. The van der Waals surface area contributed by atoms with E-state index in [0.717, 1.165) is 19.0 Å². The van der Waals surface area contributed by atoms with E-state index in [4.69, 9.17) is 4.74 Å². The average Bonchev–Trinajstić information content (AvgIpc) is 2.43. The van der Waals surface area contributed by atoms with Gasteiger partial charge in [-0.3, -0.25) is 0 Å². The number of ether oxygens (including phenoxy) is 1. The predicted octanol–water partition coefficient (Wildman–Crippen LogP) is 4.05. The van der Waals surface area contributed by atoms with Crippen molar-refractivity contribution in [3.63, 3.8) is 0 Å². The molecule has 0 aliphatic heterocycles. The minimum absolute atomic E-state index is 0.233. The van der Waals surface area contributed by atoms with E-state index in [1.54, 1.807) is 4.90 Å². The Morgan fingerprint density at radius 2 is 1.95 bits per heavy atom. The lowest BCUT2D eigenvalue weighted by molar-refractivity contribution is 0.0275. The molecule has 0 radical (unpaired) electrons. The summed E-state index contributed by atoms with van der Waals surface area (Å²) in [6.45, 7) is 11.9. The summed E-state index contributed by atoms with van der Waals surface area (Å²) < 4.78 is 5.40. The molecule has 1 N–H and O–H groups in total. The highest BCUT2D eigenvalue weighted by atomic mass is 16.6. The fraction of sp³-hybridized carbons (Fsp3) is 0.944. The van der Waals surface area contributed by atoms with E-state index < -0.39 is 5.60 Å². The maximum atomic E-state index is 12.0. The maximum absolute atomic E-state index is 12.0. The van der Waals surface area contributed by atoms with Crippen LogP contribution in [0.5, 0.6) is 0 Å². The molecular weight excluding hydrogens is 276 g/mol. The van der Waals surface area contributed by atoms with Crippen LogP contribution in [-0.2, 0) is 4.74 Å². The highest BCUT2D eigenvalue weighted by Crippen LogP contribution is 2.26. The zero-order valence-electron chi connectivity index (χ0n) is 15.4. The summed E-state index contributed by atoms with van der Waals surface area (Å²) in [5.74, 6) is 1.25. The number of nitrogens with one attached hydrogen (secondary N) is 1. The lowest BCUT2D eigenvalue weighted by Gasteiger charge is -2.33. The van der Waals surface area contributed by atoms with E-state index >= 15 is 0 Å². The molecule has 4 heteroatoms. The second-order valence-electron chi connectivity index (χ2n) is 7.93. The number of hydrogen-bond acceptors (Lipinski definition) is 3. The fourth-order valence-corrected chi connectivity index (χ4v) is 3.26. The van der Waals surface area contributed by atoms with Crippen molar-refractivity contribution in [2.24, 2.45) is 11.8 Å². The van der Waals surface area contributed by atoms with E-state index in [-0.39, 0.29) is 6.09 Å². The Labute approximate surface area is 137 Å². The summed E-state index contributed by atoms with van der Waals surface area (Å²) in [5, 5.41) is 3.74. The maximum Gasteiger partial charge on any atom is 0.410 e. The Bertz CT molecular complexity index is 338. The van der Waals surface area contributed by atoms with Crippen LogP contribution in [0.15, 0.2) is 0 Å². The van der Waals surface area contributed by atoms with Gasteiger partial charge in [0.15, 0.2) is 0 Å². The molecule has 0 aromatic rings. The first kappa shape index (κ1) is 19.3. The van der Waals surface area contributed by atoms with Crippen LogP contribution in [0.3, 0.4) is 0 Å². The van der Waals surface area contributed by atoms with Crippen molar-refractivity contribution in [2.45, 2.75) is 78.4 Å². The minimum atomic E-state index is -0.427. The number of hydrogen-bond donors (Lipinski definition) is 1. The quantitative estimate of drug-likeness (QED) is 0.804. The SMILES string of the molecule is CCC1CCCCC1NCC(C)CN(C)C(=O)OC(C)(C)C. The van der Waals surface area contributed by atoms with Crippen LogP contribution >= 0.6 is 0 Å². The third kappa shape index (κ3) is 6.99. The van der Waals surface area contributed by atoms with Gasteiger partial charge in [0.2, 0.25) is 0 Å². The van der Waals surface area contributed by atoms with Crippen LogP contribution < -0.4 is 5.32 Å². The fourth-order valence-electron chi connectivity index (χ4n) is 3.26. The van der Waals surface area contributed by atoms with Crippen molar-refractivity contribution < 1.29 is 9.53 Å². The lowest BCUT2D eigenvalue weighted by atomic mass is 9.83. The van der Waals surface area contributed by atoms with Crippen molar-refractivity contribution in [3.05, 3.63) is 0 Å². The van der Waals surface area contributed by atoms with Crippen molar-refractivity contribution in [1.29, 1.82) is 0 Å². The molecule has 1 fully saturated rings. The van der Waals surface area contributed by atoms with E-state index in [9.17, 15) is 4.79 Å². The molecule has 0 saturated heterocycles. The third-order valence-electron chi connectivity index (χ3n) is 4.45. The van der Waals surface area contributed by atoms with Gasteiger partial charge in [0.05, 0.1) is 0 Å². The number of carbonyl (C=O) groups excluding carboxylic acids is 1. The summed E-state index contributed by atoms with van der Waals surface area (Å²) in [6, 6.07) is 0.660. The Kier molecular flexibility index (Phi) is 7.67. The normalized spacial score (nSPS) is 23.9. The van der Waals surface area contributed by atoms with Crippen LogP contribution in [0.2, 0.25) is 0 Å². The topological polar surface area (TPSA) is 41.6 Å². The van der Waals surface area contributed by atoms with Gasteiger partial charge < -0.3 is 15.0 Å². The molecule has 0 bridgehead atoms. The minimum Gasteiger partial charge on any atom is -0.444 e. The van der Waals surface area contributed by atoms with Gasteiger partial charge in [-0.15, -0.1) is 0 Å². The molecule has 1 aliphatic rings. The summed E-state index contributed by atoms with van der Waals surface area (Å²) in [7, 11) is 1.82. The molecule has 4 nitrogen and oxygen atoms in total. The number of carbonyl (C=O) groups is 1. The molecule has 0 heterocycles. The Morgan fingerprint density at radius 3 is 2.55 bits per heavy atom. The first-order valence-electron chi connectivity index (χ1n) is 8.90. The number of amides is 1. The number of rotatable bonds is 6. The Morgan fingerprint density at radius 1 is 1.32 bits per heavy atom. The molecule has 0 spiro atoms. The van der Waals surface area contributed by atoms with E-state index in [2.05, 4.69) is 19.2 Å². The van der Waals surface area contributed by atoms with Crippen LogP contribution in [0.4, 0.5) is 4.79 Å². The van der Waals surface area contributed by atoms with Crippen LogP contribution in [0.25, 0.3) is 0 Å². The highest BCUT2D eigenvalue weighted by molar-refractivity contribution is 5.67. The molecular formula is C18H36N2O2. The lowest BCUT2D eigenvalue weighted by Crippen LogP contribution is -2.43. The molecule has 0 aromatic heterocycles. The average molecular weight is 312 g/mol. The molecule has 130 valence electrons. The molecule has 3 unspecified atom stereocenters. The van der Waals surface area contributed by atoms with Gasteiger partial charge in [-0.1, -0.05) is 33.1 Å².